The molecule has 0 aliphatic carbocycles. The number of nitrogens with zero attached hydrogens (tertiary/aromatic N) is 2. The first-order valence-electron chi connectivity index (χ1n) is 17.2. The Morgan fingerprint density at radius 2 is 0.712 bits per heavy atom. The number of aromatic nitrogens is 2. The van der Waals surface area contributed by atoms with Crippen LogP contribution >= 0.6 is 0 Å². The van der Waals surface area contributed by atoms with Crippen LogP contribution in [0.25, 0.3) is 76.5 Å². The summed E-state index contributed by atoms with van der Waals surface area (Å²) in [6.45, 7) is 8.94. The summed E-state index contributed by atoms with van der Waals surface area (Å²) in [5.41, 5.74) is 10.4. The fraction of sp³-hybridized carbons (Fsp3) is 0.0870. The third-order valence-corrected chi connectivity index (χ3v) is 9.39. The molecule has 0 aliphatic rings. The molecule has 0 bridgehead atoms. The topological polar surface area (TPSA) is 9.86 Å². The third kappa shape index (κ3) is 6.86. The predicted octanol–water partition coefficient (Wildman–Crippen LogP) is 6.72. The molecule has 2 nitrogen and oxygen atoms in total. The van der Waals surface area contributed by atoms with E-state index in [1.165, 1.54) is 87.7 Å². The number of para-hydroxylation sites is 4. The molecule has 52 heavy (non-hydrogen) atoms. The number of aryl methyl sites for hydroxylation is 2. The van der Waals surface area contributed by atoms with Crippen molar-refractivity contribution in [2.45, 2.75) is 26.9 Å². The molecule has 0 unspecified atom stereocenters. The minimum atomic E-state index is 0. The molecule has 8 aromatic carbocycles. The van der Waals surface area contributed by atoms with Gasteiger partial charge in [0.05, 0.1) is 22.1 Å². The van der Waals surface area contributed by atoms with E-state index in [-0.39, 0.29) is 30.2 Å². The summed E-state index contributed by atoms with van der Waals surface area (Å²) in [6, 6.07) is 56.9. The van der Waals surface area contributed by atoms with Crippen LogP contribution < -0.4 is 24.8 Å². The SMILES string of the molecule is C[Si](C)=[Zr+2].Cc1cc2c(-n3c4ccccc4c4ccccc43)cccc2[cH-]1.Cc1cc2c(-n3c4ccccc4c4ccccc43)cccc2[cH-]1.[Cl-].[Cl-]. The summed E-state index contributed by atoms with van der Waals surface area (Å²) >= 11 is 1.74. The molecule has 0 atom stereocenters. The molecule has 2 heterocycles. The molecule has 2 aromatic heterocycles. The molecular formula is C46H38Cl2N2SiZr-2. The first-order valence-corrected chi connectivity index (χ1v) is 23.4. The van der Waals surface area contributed by atoms with Crippen LogP contribution in [0, 0.1) is 13.8 Å². The van der Waals surface area contributed by atoms with Gasteiger partial charge in [0.25, 0.3) is 0 Å². The Kier molecular flexibility index (Phi) is 11.4. The number of fused-ring (bicyclic) bond motifs is 8. The van der Waals surface area contributed by atoms with E-state index in [9.17, 15) is 0 Å². The zero-order valence-electron chi connectivity index (χ0n) is 29.7. The van der Waals surface area contributed by atoms with Crippen molar-refractivity contribution >= 4 is 70.6 Å². The maximum atomic E-state index is 2.40. The second-order valence-corrected chi connectivity index (χ2v) is 22.7. The summed E-state index contributed by atoms with van der Waals surface area (Å²) in [4.78, 5) is 0. The van der Waals surface area contributed by atoms with Crippen LogP contribution in [0.3, 0.4) is 0 Å². The number of rotatable bonds is 2. The van der Waals surface area contributed by atoms with Crippen molar-refractivity contribution < 1.29 is 48.1 Å². The predicted molar refractivity (Wildman–Crippen MR) is 215 cm³/mol. The standard InChI is InChI=1S/2C22H16N.C2H6Si.2ClH.Zr/c2*1-15-13-16-7-6-12-22(19(16)14-15)23-20-10-4-2-8-17(20)18-9-3-5-11-21(18)23;1-3-2;;;/h2*2-14H,1H3;1-2H3;2*1H;/q2*-1;;;;+2/p-2. The van der Waals surface area contributed by atoms with Crippen LogP contribution in [0.4, 0.5) is 0 Å². The number of hydrogen-bond donors (Lipinski definition) is 0. The van der Waals surface area contributed by atoms with E-state index >= 15 is 0 Å². The van der Waals surface area contributed by atoms with E-state index in [2.05, 4.69) is 194 Å². The van der Waals surface area contributed by atoms with E-state index in [1.807, 2.05) is 0 Å². The Balaban J connectivity index is 0.000000157. The second kappa shape index (κ2) is 15.8. The Morgan fingerprint density at radius 1 is 0.423 bits per heavy atom. The van der Waals surface area contributed by atoms with Gasteiger partial charge < -0.3 is 33.9 Å². The van der Waals surface area contributed by atoms with Crippen LogP contribution in [0.2, 0.25) is 13.1 Å². The average molecular weight is 809 g/mol. The molecule has 6 heteroatoms. The molecule has 0 amide bonds. The van der Waals surface area contributed by atoms with Crippen molar-refractivity contribution in [1.82, 2.24) is 9.13 Å². The monoisotopic (exact) mass is 806 g/mol. The van der Waals surface area contributed by atoms with Gasteiger partial charge >= 0.3 is 41.9 Å². The molecule has 10 aromatic rings. The normalized spacial score (nSPS) is 10.9. The molecule has 0 fully saturated rings. The van der Waals surface area contributed by atoms with Crippen LogP contribution in [0.1, 0.15) is 11.1 Å². The first kappa shape index (κ1) is 37.6. The van der Waals surface area contributed by atoms with Gasteiger partial charge in [0.15, 0.2) is 0 Å². The third-order valence-electron chi connectivity index (χ3n) is 9.39. The Labute approximate surface area is 332 Å². The van der Waals surface area contributed by atoms with E-state index in [0.29, 0.717) is 0 Å². The molecule has 0 spiro atoms. The van der Waals surface area contributed by atoms with Crippen LogP contribution in [0.5, 0.6) is 0 Å². The average Bonchev–Trinajstić information content (AvgIpc) is 3.87. The van der Waals surface area contributed by atoms with Crippen molar-refractivity contribution in [3.63, 3.8) is 0 Å². The van der Waals surface area contributed by atoms with Crippen molar-refractivity contribution in [2.75, 3.05) is 0 Å². The first-order chi connectivity index (χ1) is 24.4. The van der Waals surface area contributed by atoms with Crippen LogP contribution in [-0.4, -0.2) is 14.6 Å². The fourth-order valence-electron chi connectivity index (χ4n) is 7.49. The molecule has 256 valence electrons. The van der Waals surface area contributed by atoms with Gasteiger partial charge in [-0.15, -0.1) is 69.1 Å². The number of benzene rings is 6. The quantitative estimate of drug-likeness (QED) is 0.136. The zero-order valence-corrected chi connectivity index (χ0v) is 34.6. The van der Waals surface area contributed by atoms with E-state index < -0.39 is 0 Å². The molecule has 0 saturated heterocycles. The molecule has 10 rings (SSSR count). The molecular weight excluding hydrogens is 771 g/mol. The maximum absolute atomic E-state index is 2.40. The number of hydrogen-bond acceptors (Lipinski definition) is 0. The summed E-state index contributed by atoms with van der Waals surface area (Å²) in [7, 11) is 0. The smallest absolute Gasteiger partial charge is 0.0532 e. The van der Waals surface area contributed by atoms with Crippen LogP contribution in [-0.2, 0) is 23.3 Å². The Bertz CT molecular complexity index is 2550. The molecule has 0 radical (unpaired) electrons. The summed E-state index contributed by atoms with van der Waals surface area (Å²) in [6.07, 6.45) is 0. The zero-order chi connectivity index (χ0) is 34.4. The van der Waals surface area contributed by atoms with E-state index in [4.69, 9.17) is 0 Å². The van der Waals surface area contributed by atoms with Gasteiger partial charge in [-0.1, -0.05) is 98.8 Å². The van der Waals surface area contributed by atoms with Gasteiger partial charge in [0.2, 0.25) is 0 Å². The van der Waals surface area contributed by atoms with Crippen molar-refractivity contribution in [2.24, 2.45) is 0 Å². The Hall–Kier alpha value is -4.18. The van der Waals surface area contributed by atoms with Crippen molar-refractivity contribution in [3.05, 3.63) is 169 Å². The molecule has 0 aliphatic heterocycles. The van der Waals surface area contributed by atoms with Gasteiger partial charge in [-0.25, -0.2) is 0 Å². The Morgan fingerprint density at radius 3 is 1.02 bits per heavy atom. The van der Waals surface area contributed by atoms with Crippen LogP contribution in [0.15, 0.2) is 158 Å². The van der Waals surface area contributed by atoms with E-state index in [0.717, 1.165) is 0 Å². The van der Waals surface area contributed by atoms with Gasteiger partial charge in [-0.3, -0.25) is 0 Å². The van der Waals surface area contributed by atoms with Gasteiger partial charge in [-0.05, 0) is 24.3 Å². The molecule has 0 N–H and O–H groups in total. The van der Waals surface area contributed by atoms with E-state index in [1.54, 1.807) is 23.3 Å². The minimum Gasteiger partial charge on any atom is -1.00 e. The summed E-state index contributed by atoms with van der Waals surface area (Å²) in [5.74, 6) is 0. The fourth-order valence-corrected chi connectivity index (χ4v) is 7.49. The summed E-state index contributed by atoms with van der Waals surface area (Å²) in [5, 5.41) is 10.5. The second-order valence-electron chi connectivity index (χ2n) is 13.4. The van der Waals surface area contributed by atoms with Gasteiger partial charge in [-0.2, -0.15) is 12.1 Å². The molecule has 0 saturated carbocycles. The largest absolute Gasteiger partial charge is 1.00 e. The maximum Gasteiger partial charge on any atom is 0.0532 e. The van der Waals surface area contributed by atoms with Crippen molar-refractivity contribution in [1.29, 1.82) is 0 Å². The number of halogens is 2. The van der Waals surface area contributed by atoms with Gasteiger partial charge in [0.1, 0.15) is 0 Å². The minimum absolute atomic E-state index is 0. The van der Waals surface area contributed by atoms with Crippen molar-refractivity contribution in [3.8, 4) is 11.4 Å². The summed E-state index contributed by atoms with van der Waals surface area (Å²) < 4.78 is 4.79. The van der Waals surface area contributed by atoms with Gasteiger partial charge in [0, 0.05) is 32.9 Å².